The van der Waals surface area contributed by atoms with E-state index in [1.54, 1.807) is 0 Å². The summed E-state index contributed by atoms with van der Waals surface area (Å²) in [4.78, 5) is 0. The predicted molar refractivity (Wildman–Crippen MR) is 126 cm³/mol. The summed E-state index contributed by atoms with van der Waals surface area (Å²) in [6.45, 7) is 8.43. The summed E-state index contributed by atoms with van der Waals surface area (Å²) in [5, 5.41) is 11.0. The van der Waals surface area contributed by atoms with Gasteiger partial charge < -0.3 is 5.11 Å². The van der Waals surface area contributed by atoms with Gasteiger partial charge in [-0.3, -0.25) is 0 Å². The van der Waals surface area contributed by atoms with E-state index >= 15 is 0 Å². The Balaban J connectivity index is 2.24. The van der Waals surface area contributed by atoms with Crippen LogP contribution in [-0.4, -0.2) is 5.11 Å². The van der Waals surface area contributed by atoms with Gasteiger partial charge >= 0.3 is 0 Å². The number of aromatic hydroxyl groups is 1. The zero-order valence-electron chi connectivity index (χ0n) is 16.8. The lowest BCUT2D eigenvalue weighted by Crippen LogP contribution is -2.15. The Morgan fingerprint density at radius 2 is 1.25 bits per heavy atom. The Morgan fingerprint density at radius 1 is 0.786 bits per heavy atom. The van der Waals surface area contributed by atoms with Gasteiger partial charge in [0, 0.05) is 5.56 Å². The standard InChI is InChI=1S/C25H28OS2/c1-16-19(23(27)17-11-7-5-8-12-17)15-20(25(2,3)4)22(26)21(16)24(28)18-13-9-6-10-14-18/h5-15,23-24,26-28H,1-4H3. The molecule has 0 aliphatic rings. The van der Waals surface area contributed by atoms with Gasteiger partial charge in [-0.25, -0.2) is 0 Å². The second-order valence-corrected chi connectivity index (χ2v) is 9.31. The fourth-order valence-electron chi connectivity index (χ4n) is 3.62. The quantitative estimate of drug-likeness (QED) is 0.396. The average molecular weight is 409 g/mol. The van der Waals surface area contributed by atoms with Crippen molar-refractivity contribution >= 4 is 25.3 Å². The molecule has 3 heteroatoms. The molecule has 0 heterocycles. The van der Waals surface area contributed by atoms with Crippen molar-refractivity contribution in [1.82, 2.24) is 0 Å². The Kier molecular flexibility index (Phi) is 6.16. The highest BCUT2D eigenvalue weighted by Gasteiger charge is 2.28. The van der Waals surface area contributed by atoms with Crippen molar-refractivity contribution in [3.8, 4) is 5.75 Å². The highest BCUT2D eigenvalue weighted by Crippen LogP contribution is 2.46. The van der Waals surface area contributed by atoms with Crippen LogP contribution >= 0.6 is 25.3 Å². The third-order valence-electron chi connectivity index (χ3n) is 5.25. The number of benzene rings is 3. The van der Waals surface area contributed by atoms with Crippen LogP contribution in [0.4, 0.5) is 0 Å². The maximum absolute atomic E-state index is 11.2. The van der Waals surface area contributed by atoms with E-state index < -0.39 is 0 Å². The molecule has 2 unspecified atom stereocenters. The lowest BCUT2D eigenvalue weighted by atomic mass is 9.80. The fourth-order valence-corrected chi connectivity index (χ4v) is 4.55. The van der Waals surface area contributed by atoms with Crippen molar-refractivity contribution < 1.29 is 5.11 Å². The Hall–Kier alpha value is -1.84. The van der Waals surface area contributed by atoms with E-state index in [1.165, 1.54) is 0 Å². The molecule has 0 aliphatic heterocycles. The summed E-state index contributed by atoms with van der Waals surface area (Å²) in [6.07, 6.45) is 0. The van der Waals surface area contributed by atoms with Gasteiger partial charge in [0.2, 0.25) is 0 Å². The average Bonchev–Trinajstić information content (AvgIpc) is 2.68. The molecular formula is C25H28OS2. The van der Waals surface area contributed by atoms with Crippen LogP contribution in [0.5, 0.6) is 5.75 Å². The molecule has 0 aliphatic carbocycles. The smallest absolute Gasteiger partial charge is 0.124 e. The molecule has 1 N–H and O–H groups in total. The topological polar surface area (TPSA) is 20.2 Å². The molecule has 3 aromatic carbocycles. The fraction of sp³-hybridized carbons (Fsp3) is 0.280. The largest absolute Gasteiger partial charge is 0.507 e. The third-order valence-corrected chi connectivity index (χ3v) is 6.39. The molecule has 0 aromatic heterocycles. The molecule has 146 valence electrons. The first-order valence-electron chi connectivity index (χ1n) is 9.54. The van der Waals surface area contributed by atoms with Crippen molar-refractivity contribution in [2.75, 3.05) is 0 Å². The number of thiol groups is 2. The molecule has 0 saturated carbocycles. The van der Waals surface area contributed by atoms with Gasteiger partial charge in [-0.05, 0) is 46.2 Å². The normalized spacial score (nSPS) is 13.9. The van der Waals surface area contributed by atoms with E-state index in [2.05, 4.69) is 58.0 Å². The van der Waals surface area contributed by atoms with E-state index in [-0.39, 0.29) is 15.9 Å². The molecular weight excluding hydrogens is 380 g/mol. The van der Waals surface area contributed by atoms with E-state index in [9.17, 15) is 5.11 Å². The minimum Gasteiger partial charge on any atom is -0.507 e. The van der Waals surface area contributed by atoms with Crippen molar-refractivity contribution in [2.45, 2.75) is 43.6 Å². The van der Waals surface area contributed by atoms with Crippen LogP contribution in [0.1, 0.15) is 64.7 Å². The van der Waals surface area contributed by atoms with Crippen molar-refractivity contribution in [2.24, 2.45) is 0 Å². The molecule has 2 atom stereocenters. The summed E-state index contributed by atoms with van der Waals surface area (Å²) in [7, 11) is 0. The molecule has 0 amide bonds. The molecule has 1 nitrogen and oxygen atoms in total. The van der Waals surface area contributed by atoms with Crippen molar-refractivity contribution in [3.05, 3.63) is 100 Å². The second kappa shape index (κ2) is 8.26. The predicted octanol–water partition coefficient (Wildman–Crippen LogP) is 7.04. The molecule has 0 saturated heterocycles. The number of phenolic OH excluding ortho intramolecular Hbond substituents is 1. The molecule has 28 heavy (non-hydrogen) atoms. The van der Waals surface area contributed by atoms with Gasteiger partial charge in [-0.15, -0.1) is 0 Å². The zero-order chi connectivity index (χ0) is 20.5. The highest BCUT2D eigenvalue weighted by atomic mass is 32.1. The first-order chi connectivity index (χ1) is 13.2. The third kappa shape index (κ3) is 4.11. The maximum Gasteiger partial charge on any atom is 0.124 e. The van der Waals surface area contributed by atoms with Crippen LogP contribution in [0, 0.1) is 6.92 Å². The minimum absolute atomic E-state index is 0.0713. The van der Waals surface area contributed by atoms with Gasteiger partial charge in [0.25, 0.3) is 0 Å². The van der Waals surface area contributed by atoms with Crippen molar-refractivity contribution in [3.63, 3.8) is 0 Å². The van der Waals surface area contributed by atoms with Crippen LogP contribution in [-0.2, 0) is 5.41 Å². The summed E-state index contributed by atoms with van der Waals surface area (Å²) in [5.74, 6) is 0.339. The van der Waals surface area contributed by atoms with E-state index in [0.29, 0.717) is 5.75 Å². The lowest BCUT2D eigenvalue weighted by molar-refractivity contribution is 0.440. The summed E-state index contributed by atoms with van der Waals surface area (Å²) < 4.78 is 0. The number of rotatable bonds is 4. The molecule has 0 spiro atoms. The van der Waals surface area contributed by atoms with Gasteiger partial charge in [0.05, 0.1) is 10.5 Å². The molecule has 3 aromatic rings. The number of hydrogen-bond donors (Lipinski definition) is 3. The van der Waals surface area contributed by atoms with E-state index in [4.69, 9.17) is 25.3 Å². The van der Waals surface area contributed by atoms with Gasteiger partial charge in [-0.1, -0.05) is 81.4 Å². The number of hydrogen-bond acceptors (Lipinski definition) is 3. The summed E-state index contributed by atoms with van der Waals surface area (Å²) in [5.41, 5.74) is 5.95. The molecule has 0 radical (unpaired) electrons. The van der Waals surface area contributed by atoms with Crippen LogP contribution in [0.25, 0.3) is 0 Å². The first-order valence-corrected chi connectivity index (χ1v) is 10.6. The monoisotopic (exact) mass is 408 g/mol. The van der Waals surface area contributed by atoms with Crippen molar-refractivity contribution in [1.29, 1.82) is 0 Å². The zero-order valence-corrected chi connectivity index (χ0v) is 18.6. The first kappa shape index (κ1) is 20.9. The van der Waals surface area contributed by atoms with Crippen LogP contribution in [0.15, 0.2) is 66.7 Å². The highest BCUT2D eigenvalue weighted by molar-refractivity contribution is 7.81. The lowest BCUT2D eigenvalue weighted by Gasteiger charge is -2.29. The Bertz CT molecular complexity index is 944. The van der Waals surface area contributed by atoms with E-state index in [1.807, 2.05) is 36.4 Å². The second-order valence-electron chi connectivity index (χ2n) is 8.28. The molecule has 0 bridgehead atoms. The Morgan fingerprint density at radius 3 is 1.71 bits per heavy atom. The summed E-state index contributed by atoms with van der Waals surface area (Å²) in [6, 6.07) is 22.5. The van der Waals surface area contributed by atoms with Crippen LogP contribution in [0.3, 0.4) is 0 Å². The van der Waals surface area contributed by atoms with E-state index in [0.717, 1.165) is 33.4 Å². The van der Waals surface area contributed by atoms with Gasteiger partial charge in [0.15, 0.2) is 0 Å². The van der Waals surface area contributed by atoms with Gasteiger partial charge in [0.1, 0.15) is 5.75 Å². The number of phenols is 1. The maximum atomic E-state index is 11.2. The van der Waals surface area contributed by atoms with Crippen LogP contribution < -0.4 is 0 Å². The molecule has 3 rings (SSSR count). The Labute approximate surface area is 179 Å². The van der Waals surface area contributed by atoms with Crippen LogP contribution in [0.2, 0.25) is 0 Å². The van der Waals surface area contributed by atoms with Gasteiger partial charge in [-0.2, -0.15) is 25.3 Å². The molecule has 0 fully saturated rings. The summed E-state index contributed by atoms with van der Waals surface area (Å²) >= 11 is 9.86. The SMILES string of the molecule is Cc1c(C(S)c2ccccc2)cc(C(C)(C)C)c(O)c1C(S)c1ccccc1. The minimum atomic E-state index is -0.210.